The molecular formula is C42H56F2N4O8. The number of rotatable bonds is 12. The molecule has 2 aromatic carbocycles. The van der Waals surface area contributed by atoms with Gasteiger partial charge in [0.05, 0.1) is 0 Å². The van der Waals surface area contributed by atoms with E-state index in [0.717, 1.165) is 57.4 Å². The van der Waals surface area contributed by atoms with E-state index in [1.807, 2.05) is 0 Å². The summed E-state index contributed by atoms with van der Waals surface area (Å²) in [7, 11) is 1.52. The van der Waals surface area contributed by atoms with Crippen molar-refractivity contribution in [3.8, 4) is 0 Å². The molecule has 6 saturated heterocycles. The Bertz CT molecular complexity index is 1720. The number of fused-ring (bicyclic) bond motifs is 6. The first-order chi connectivity index (χ1) is 26.4. The Kier molecular flexibility index (Phi) is 12.6. The number of nitrogens with one attached hydrogen (secondary N) is 1. The molecule has 56 heavy (non-hydrogen) atoms. The number of piperidine rings is 6. The molecule has 0 aliphatic carbocycles. The maximum absolute atomic E-state index is 13.8. The zero-order valence-electron chi connectivity index (χ0n) is 33.3. The van der Waals surface area contributed by atoms with Crippen molar-refractivity contribution in [1.29, 1.82) is 0 Å². The number of hydrogen-bond donors (Lipinski definition) is 1. The van der Waals surface area contributed by atoms with Crippen LogP contribution in [0.2, 0.25) is 0 Å². The highest BCUT2D eigenvalue weighted by molar-refractivity contribution is 5.84. The second kappa shape index (κ2) is 17.1. The topological polar surface area (TPSA) is 127 Å². The van der Waals surface area contributed by atoms with Crippen LogP contribution in [0.3, 0.4) is 0 Å². The molecule has 0 radical (unpaired) electrons. The standard InChI is InChI=1S/C42H56F2N4O8/c1-41(2,3)56-40(52)46(6)35(38(50)54-33-25-48-20-16-28(33)17-21-48)29-12-10-26(11-13-29)23-42(4,5)55-39(51)45-34(30-8-7-9-31(22-30)36(43)44)37(49)53-32-24-47-18-14-27(32)15-19-47/h7-13,22,27-28,32-36H,14-21,23-25H2,1-6H3,(H,45,51)/t32-,33-,34?,35?/m0/s1. The van der Waals surface area contributed by atoms with Crippen molar-refractivity contribution in [2.45, 2.75) is 109 Å². The number of benzene rings is 2. The third-order valence-electron chi connectivity index (χ3n) is 11.3. The summed E-state index contributed by atoms with van der Waals surface area (Å²) in [6.45, 7) is 13.8. The fourth-order valence-corrected chi connectivity index (χ4v) is 8.37. The zero-order valence-corrected chi connectivity index (χ0v) is 33.3. The van der Waals surface area contributed by atoms with Gasteiger partial charge in [0.2, 0.25) is 0 Å². The van der Waals surface area contributed by atoms with Crippen LogP contribution in [0.25, 0.3) is 0 Å². The first-order valence-electron chi connectivity index (χ1n) is 19.7. The van der Waals surface area contributed by atoms with Crippen molar-refractivity contribution in [2.75, 3.05) is 46.3 Å². The number of esters is 2. The number of ether oxygens (including phenoxy) is 4. The lowest BCUT2D eigenvalue weighted by Gasteiger charge is -2.44. The van der Waals surface area contributed by atoms with Crippen LogP contribution in [0.5, 0.6) is 0 Å². The highest BCUT2D eigenvalue weighted by Gasteiger charge is 2.41. The van der Waals surface area contributed by atoms with Crippen LogP contribution < -0.4 is 5.32 Å². The number of likely N-dealkylation sites (N-methyl/N-ethyl adjacent to an activating group) is 1. The first kappa shape index (κ1) is 41.3. The van der Waals surface area contributed by atoms with Crippen LogP contribution in [0, 0.1) is 11.8 Å². The Morgan fingerprint density at radius 2 is 1.30 bits per heavy atom. The molecule has 8 rings (SSSR count). The summed E-state index contributed by atoms with van der Waals surface area (Å²) in [5.74, 6) is -0.783. The van der Waals surface area contributed by atoms with E-state index in [9.17, 15) is 28.0 Å². The molecule has 6 heterocycles. The number of alkyl carbamates (subject to hydrolysis) is 1. The largest absolute Gasteiger partial charge is 0.459 e. The van der Waals surface area contributed by atoms with E-state index in [0.29, 0.717) is 18.7 Å². The van der Waals surface area contributed by atoms with Crippen LogP contribution in [0.15, 0.2) is 48.5 Å². The van der Waals surface area contributed by atoms with Gasteiger partial charge >= 0.3 is 24.1 Å². The van der Waals surface area contributed by atoms with Crippen molar-refractivity contribution in [3.05, 3.63) is 70.8 Å². The molecule has 0 aromatic heterocycles. The third-order valence-corrected chi connectivity index (χ3v) is 11.3. The van der Waals surface area contributed by atoms with E-state index in [-0.39, 0.29) is 41.6 Å². The number of carbonyl (C=O) groups is 4. The molecule has 6 aliphatic heterocycles. The molecule has 1 N–H and O–H groups in total. The quantitative estimate of drug-likeness (QED) is 0.186. The molecular weight excluding hydrogens is 726 g/mol. The van der Waals surface area contributed by atoms with Crippen molar-refractivity contribution in [2.24, 2.45) is 11.8 Å². The molecule has 0 saturated carbocycles. The van der Waals surface area contributed by atoms with Gasteiger partial charge in [0.15, 0.2) is 12.1 Å². The molecule has 2 unspecified atom stereocenters. The summed E-state index contributed by atoms with van der Waals surface area (Å²) < 4.78 is 50.8. The number of hydrogen-bond acceptors (Lipinski definition) is 10. The van der Waals surface area contributed by atoms with Crippen molar-refractivity contribution < 1.29 is 46.9 Å². The van der Waals surface area contributed by atoms with Gasteiger partial charge in [0.25, 0.3) is 6.43 Å². The Morgan fingerprint density at radius 1 is 0.768 bits per heavy atom. The van der Waals surface area contributed by atoms with E-state index >= 15 is 0 Å². The number of carbonyl (C=O) groups excluding carboxylic acids is 4. The van der Waals surface area contributed by atoms with Crippen LogP contribution in [0.4, 0.5) is 18.4 Å². The Morgan fingerprint density at radius 3 is 1.80 bits per heavy atom. The molecule has 4 bridgehead atoms. The van der Waals surface area contributed by atoms with Gasteiger partial charge in [-0.2, -0.15) is 0 Å². The van der Waals surface area contributed by atoms with Crippen molar-refractivity contribution in [1.82, 2.24) is 20.0 Å². The summed E-state index contributed by atoms with van der Waals surface area (Å²) in [6, 6.07) is 10.0. The maximum Gasteiger partial charge on any atom is 0.411 e. The first-order valence-corrected chi connectivity index (χ1v) is 19.7. The lowest BCUT2D eigenvalue weighted by atomic mass is 9.86. The predicted octanol–water partition coefficient (Wildman–Crippen LogP) is 6.60. The molecule has 306 valence electrons. The van der Waals surface area contributed by atoms with E-state index in [2.05, 4.69) is 15.1 Å². The van der Waals surface area contributed by atoms with Gasteiger partial charge in [-0.15, -0.1) is 0 Å². The molecule has 14 heteroatoms. The minimum Gasteiger partial charge on any atom is -0.459 e. The second-order valence-corrected chi connectivity index (χ2v) is 17.3. The van der Waals surface area contributed by atoms with Crippen LogP contribution in [-0.2, 0) is 35.0 Å². The lowest BCUT2D eigenvalue weighted by Crippen LogP contribution is -2.52. The van der Waals surface area contributed by atoms with Crippen molar-refractivity contribution in [3.63, 3.8) is 0 Å². The Hall–Kier alpha value is -4.30. The number of amides is 2. The molecule has 0 spiro atoms. The SMILES string of the molecule is CN(C(=O)OC(C)(C)C)C(C(=O)O[C@H]1CN2CCC1CC2)c1ccc(CC(C)(C)OC(=O)NC(C(=O)O[C@H]2CN3CCC2CC3)c2cccc(C(F)F)c2)cc1. The van der Waals surface area contributed by atoms with Crippen molar-refractivity contribution >= 4 is 24.1 Å². The molecule has 12 nitrogen and oxygen atoms in total. The maximum atomic E-state index is 13.8. The zero-order chi connectivity index (χ0) is 40.4. The van der Waals surface area contributed by atoms with Gasteiger partial charge in [0.1, 0.15) is 23.4 Å². The molecule has 6 aliphatic rings. The average molecular weight is 783 g/mol. The van der Waals surface area contributed by atoms with Gasteiger partial charge in [0, 0.05) is 32.1 Å². The normalized spacial score (nSPS) is 25.5. The molecule has 6 fully saturated rings. The van der Waals surface area contributed by atoms with Gasteiger partial charge in [-0.1, -0.05) is 42.5 Å². The highest BCUT2D eigenvalue weighted by atomic mass is 19.3. The van der Waals surface area contributed by atoms with Crippen LogP contribution in [0.1, 0.15) is 101 Å². The number of nitrogens with zero attached hydrogens (tertiary/aromatic N) is 3. The fourth-order valence-electron chi connectivity index (χ4n) is 8.37. The molecule has 4 atom stereocenters. The van der Waals surface area contributed by atoms with E-state index in [4.69, 9.17) is 18.9 Å². The Labute approximate surface area is 328 Å². The molecule has 2 amide bonds. The summed E-state index contributed by atoms with van der Waals surface area (Å²) >= 11 is 0. The highest BCUT2D eigenvalue weighted by Crippen LogP contribution is 2.34. The predicted molar refractivity (Wildman–Crippen MR) is 203 cm³/mol. The van der Waals surface area contributed by atoms with Crippen LogP contribution >= 0.6 is 0 Å². The van der Waals surface area contributed by atoms with E-state index < -0.39 is 53.8 Å². The number of alkyl halides is 2. The van der Waals surface area contributed by atoms with E-state index in [1.54, 1.807) is 58.9 Å². The summed E-state index contributed by atoms with van der Waals surface area (Å²) in [5.41, 5.74) is -0.701. The minimum absolute atomic E-state index is 0.164. The smallest absolute Gasteiger partial charge is 0.411 e. The minimum atomic E-state index is -2.77. The van der Waals surface area contributed by atoms with Crippen LogP contribution in [-0.4, -0.2) is 109 Å². The lowest BCUT2D eigenvalue weighted by molar-refractivity contribution is -0.165. The number of halogens is 2. The average Bonchev–Trinajstić information content (AvgIpc) is 3.14. The second-order valence-electron chi connectivity index (χ2n) is 17.3. The summed E-state index contributed by atoms with van der Waals surface area (Å²) in [5, 5.41) is 2.60. The molecule has 2 aromatic rings. The van der Waals surface area contributed by atoms with Gasteiger partial charge < -0.3 is 24.3 Å². The van der Waals surface area contributed by atoms with Gasteiger partial charge in [-0.3, -0.25) is 14.7 Å². The monoisotopic (exact) mass is 782 g/mol. The third kappa shape index (κ3) is 10.4. The van der Waals surface area contributed by atoms with Gasteiger partial charge in [-0.25, -0.2) is 28.0 Å². The summed E-state index contributed by atoms with van der Waals surface area (Å²) in [4.78, 5) is 59.9. The van der Waals surface area contributed by atoms with Gasteiger partial charge in [-0.05, 0) is 121 Å². The summed E-state index contributed by atoms with van der Waals surface area (Å²) in [6.07, 6.45) is -0.979. The Balaban J connectivity index is 1.14. The fraction of sp³-hybridized carbons (Fsp3) is 0.619. The van der Waals surface area contributed by atoms with E-state index in [1.165, 1.54) is 36.2 Å².